The molecule has 0 saturated heterocycles. The summed E-state index contributed by atoms with van der Waals surface area (Å²) >= 11 is 0. The molecular weight excluding hydrogens is 941 g/mol. The van der Waals surface area contributed by atoms with Crippen LogP contribution in [0.25, 0.3) is 98.0 Å². The number of aromatic nitrogens is 4. The SMILES string of the molecule is CCCCCCCCCCCCCC#Cc1cc(N)c2nc3c4ccc5c6ccc7c(=O)n8c9cc(C#CCCCCCCCCCCCCC)cc([N+](=O)[O-])c9nc8c8ccc(c9ccc(c(=O)n3c2c1)c4c59)c6c78. The van der Waals surface area contributed by atoms with Crippen molar-refractivity contribution in [1.82, 2.24) is 18.8 Å². The Labute approximate surface area is 443 Å². The largest absolute Gasteiger partial charge is 0.397 e. The number of anilines is 1. The van der Waals surface area contributed by atoms with E-state index in [4.69, 9.17) is 15.7 Å². The number of nitrogens with zero attached hydrogens (tertiary/aromatic N) is 5. The highest BCUT2D eigenvalue weighted by molar-refractivity contribution is 6.40. The average molecular weight is 1010 g/mol. The number of hydrogen-bond donors (Lipinski definition) is 1. The maximum absolute atomic E-state index is 14.8. The summed E-state index contributed by atoms with van der Waals surface area (Å²) < 4.78 is 3.22. The van der Waals surface area contributed by atoms with E-state index in [2.05, 4.69) is 49.7 Å². The minimum absolute atomic E-state index is 0.155. The fraction of sp³-hybridized carbons (Fsp3) is 0.394. The van der Waals surface area contributed by atoms with Crippen molar-refractivity contribution in [3.05, 3.63) is 115 Å². The summed E-state index contributed by atoms with van der Waals surface area (Å²) in [4.78, 5) is 51.8. The molecule has 0 saturated carbocycles. The van der Waals surface area contributed by atoms with Gasteiger partial charge in [0, 0.05) is 62.4 Å². The number of nitro groups is 1. The van der Waals surface area contributed by atoms with Gasteiger partial charge in [-0.05, 0) is 87.6 Å². The number of nitrogen functional groups attached to an aromatic ring is 1. The first-order valence-corrected chi connectivity index (χ1v) is 28.6. The van der Waals surface area contributed by atoms with E-state index in [1.807, 2.05) is 48.5 Å². The molecule has 10 heteroatoms. The third-order valence-corrected chi connectivity index (χ3v) is 16.3. The third-order valence-electron chi connectivity index (χ3n) is 16.3. The molecule has 10 nitrogen and oxygen atoms in total. The van der Waals surface area contributed by atoms with Gasteiger partial charge in [-0.25, -0.2) is 9.97 Å². The Balaban J connectivity index is 0.897. The molecule has 0 aliphatic rings. The minimum Gasteiger partial charge on any atom is -0.397 e. The van der Waals surface area contributed by atoms with E-state index in [9.17, 15) is 19.7 Å². The lowest BCUT2D eigenvalue weighted by Crippen LogP contribution is -2.14. The van der Waals surface area contributed by atoms with Crippen LogP contribution in [0.15, 0.2) is 82.4 Å². The fourth-order valence-corrected chi connectivity index (χ4v) is 12.4. The van der Waals surface area contributed by atoms with Crippen molar-refractivity contribution in [2.24, 2.45) is 0 Å². The summed E-state index contributed by atoms with van der Waals surface area (Å²) in [6.07, 6.45) is 29.5. The fourth-order valence-electron chi connectivity index (χ4n) is 12.4. The topological polar surface area (TPSA) is 138 Å². The molecule has 0 spiro atoms. The number of hydrogen-bond acceptors (Lipinski definition) is 7. The molecule has 76 heavy (non-hydrogen) atoms. The molecule has 7 aromatic carbocycles. The van der Waals surface area contributed by atoms with Gasteiger partial charge in [-0.1, -0.05) is 190 Å². The quantitative estimate of drug-likeness (QED) is 0.0128. The first kappa shape index (κ1) is 50.6. The average Bonchev–Trinajstić information content (AvgIpc) is 4.03. The highest BCUT2D eigenvalue weighted by atomic mass is 16.6. The highest BCUT2D eigenvalue weighted by Crippen LogP contribution is 2.46. The van der Waals surface area contributed by atoms with E-state index in [-0.39, 0.29) is 22.3 Å². The van der Waals surface area contributed by atoms with Crippen molar-refractivity contribution >= 4 is 109 Å². The number of imidazole rings is 2. The first-order chi connectivity index (χ1) is 37.3. The van der Waals surface area contributed by atoms with Crippen molar-refractivity contribution in [1.29, 1.82) is 0 Å². The van der Waals surface area contributed by atoms with Crippen LogP contribution < -0.4 is 16.9 Å². The Morgan fingerprint density at radius 3 is 1.22 bits per heavy atom. The van der Waals surface area contributed by atoms with Crippen LogP contribution in [-0.2, 0) is 0 Å². The Bertz CT molecular complexity index is 4200. The Morgan fingerprint density at radius 1 is 0.461 bits per heavy atom. The summed E-state index contributed by atoms with van der Waals surface area (Å²) in [7, 11) is 0. The van der Waals surface area contributed by atoms with Crippen LogP contribution in [0.1, 0.15) is 179 Å². The summed E-state index contributed by atoms with van der Waals surface area (Å²) in [5.74, 6) is 13.1. The number of unbranched alkanes of at least 4 members (excludes halogenated alkanes) is 22. The molecule has 0 aliphatic heterocycles. The van der Waals surface area contributed by atoms with E-state index < -0.39 is 4.92 Å². The molecule has 0 aliphatic carbocycles. The van der Waals surface area contributed by atoms with Gasteiger partial charge in [0.15, 0.2) is 5.52 Å². The Hall–Kier alpha value is -7.56. The molecular formula is C66H68N6O4. The summed E-state index contributed by atoms with van der Waals surface area (Å²) in [6.45, 7) is 4.51. The lowest BCUT2D eigenvalue weighted by Gasteiger charge is -2.18. The second kappa shape index (κ2) is 22.3. The molecule has 4 heterocycles. The van der Waals surface area contributed by atoms with Crippen molar-refractivity contribution in [3.8, 4) is 23.7 Å². The number of nitrogens with two attached hydrogens (primary N) is 1. The highest BCUT2D eigenvalue weighted by Gasteiger charge is 2.26. The van der Waals surface area contributed by atoms with Crippen molar-refractivity contribution < 1.29 is 4.92 Å². The molecule has 0 radical (unpaired) electrons. The molecule has 0 fully saturated rings. The smallest absolute Gasteiger partial charge is 0.298 e. The predicted molar refractivity (Wildman–Crippen MR) is 317 cm³/mol. The molecule has 4 aromatic heterocycles. The molecule has 0 bridgehead atoms. The summed E-state index contributed by atoms with van der Waals surface area (Å²) in [5.41, 5.74) is 10.4. The zero-order valence-electron chi connectivity index (χ0n) is 44.3. The second-order valence-electron chi connectivity index (χ2n) is 21.5. The van der Waals surface area contributed by atoms with Gasteiger partial charge in [-0.3, -0.25) is 28.5 Å². The van der Waals surface area contributed by atoms with Crippen LogP contribution in [0.2, 0.25) is 0 Å². The monoisotopic (exact) mass is 1010 g/mol. The van der Waals surface area contributed by atoms with Gasteiger partial charge in [0.05, 0.1) is 21.6 Å². The predicted octanol–water partition coefficient (Wildman–Crippen LogP) is 16.8. The van der Waals surface area contributed by atoms with Gasteiger partial charge in [0.25, 0.3) is 16.8 Å². The Kier molecular flexibility index (Phi) is 14.9. The third kappa shape index (κ3) is 9.35. The van der Waals surface area contributed by atoms with Gasteiger partial charge < -0.3 is 5.73 Å². The van der Waals surface area contributed by atoms with E-state index in [0.717, 1.165) is 85.1 Å². The second-order valence-corrected chi connectivity index (χ2v) is 21.5. The normalized spacial score (nSPS) is 12.1. The zero-order chi connectivity index (χ0) is 52.3. The number of fused-ring (bicyclic) bond motifs is 10. The van der Waals surface area contributed by atoms with E-state index >= 15 is 0 Å². The molecule has 0 unspecified atom stereocenters. The van der Waals surface area contributed by atoms with Crippen LogP contribution in [0.4, 0.5) is 11.4 Å². The van der Waals surface area contributed by atoms with Crippen molar-refractivity contribution in [2.45, 2.75) is 168 Å². The zero-order valence-corrected chi connectivity index (χ0v) is 44.3. The lowest BCUT2D eigenvalue weighted by molar-refractivity contribution is -0.383. The van der Waals surface area contributed by atoms with Gasteiger partial charge >= 0.3 is 0 Å². The number of rotatable bonds is 23. The van der Waals surface area contributed by atoms with Gasteiger partial charge in [-0.15, -0.1) is 0 Å². The van der Waals surface area contributed by atoms with Gasteiger partial charge in [0.1, 0.15) is 16.8 Å². The Morgan fingerprint density at radius 2 is 0.803 bits per heavy atom. The number of pyridine rings is 2. The standard InChI is InChI=1S/C66H68N6O4/c1-3-5-7-9-11-13-15-17-19-21-23-25-27-29-43-39-53(67)61-54(40-43)70-63(68-61)49-35-31-45-48-34-38-52-60-50(36-32-46(58(48)60)47-33-37-51(65(70)73)59(49)57(45)47)64-69-62-55(71(64)66(52)74)41-44(42-56(62)72(75)76)30-28-26-24-22-20-18-16-14-12-10-8-6-4-2/h31-42H,3-26,67H2,1-2H3. The van der Waals surface area contributed by atoms with Crippen LogP contribution in [-0.4, -0.2) is 23.7 Å². The van der Waals surface area contributed by atoms with Crippen LogP contribution >= 0.6 is 0 Å². The maximum atomic E-state index is 14.8. The molecule has 0 amide bonds. The molecule has 386 valence electrons. The minimum atomic E-state index is -0.430. The molecule has 0 atom stereocenters. The molecule has 2 N–H and O–H groups in total. The van der Waals surface area contributed by atoms with Crippen LogP contribution in [0, 0.1) is 33.8 Å². The van der Waals surface area contributed by atoms with Crippen LogP contribution in [0.5, 0.6) is 0 Å². The summed E-state index contributed by atoms with van der Waals surface area (Å²) in [5, 5.41) is 22.4. The van der Waals surface area contributed by atoms with Crippen LogP contribution in [0.3, 0.4) is 0 Å². The lowest BCUT2D eigenvalue weighted by atomic mass is 9.86. The van der Waals surface area contributed by atoms with Crippen molar-refractivity contribution in [3.63, 3.8) is 0 Å². The number of non-ortho nitro benzene ring substituents is 1. The van der Waals surface area contributed by atoms with E-state index in [1.54, 1.807) is 10.5 Å². The van der Waals surface area contributed by atoms with E-state index in [1.165, 1.54) is 132 Å². The number of nitro benzene ring substituents is 1. The number of benzene rings is 7. The van der Waals surface area contributed by atoms with Gasteiger partial charge in [0.2, 0.25) is 0 Å². The van der Waals surface area contributed by atoms with Gasteiger partial charge in [-0.2, -0.15) is 0 Å². The van der Waals surface area contributed by atoms with Crippen molar-refractivity contribution in [2.75, 3.05) is 5.73 Å². The molecule has 11 rings (SSSR count). The molecule has 11 aromatic rings. The summed E-state index contributed by atoms with van der Waals surface area (Å²) in [6, 6.07) is 23.0. The maximum Gasteiger partial charge on any atom is 0.298 e. The van der Waals surface area contributed by atoms with E-state index in [0.29, 0.717) is 56.3 Å². The first-order valence-electron chi connectivity index (χ1n) is 28.6.